The summed E-state index contributed by atoms with van der Waals surface area (Å²) in [5.41, 5.74) is 0. The molecule has 1 aromatic heterocycles. The third-order valence-electron chi connectivity index (χ3n) is 4.47. The van der Waals surface area contributed by atoms with Crippen molar-refractivity contribution in [3.8, 4) is 0 Å². The Hall–Kier alpha value is -1.04. The van der Waals surface area contributed by atoms with Crippen molar-refractivity contribution >= 4 is 17.7 Å². The zero-order chi connectivity index (χ0) is 15.6. The molecule has 5 nitrogen and oxygen atoms in total. The number of rotatable bonds is 5. The number of aliphatic carboxylic acids is 1. The van der Waals surface area contributed by atoms with Crippen molar-refractivity contribution in [2.24, 2.45) is 11.8 Å². The summed E-state index contributed by atoms with van der Waals surface area (Å²) in [5.74, 6) is 1.95. The van der Waals surface area contributed by atoms with Crippen molar-refractivity contribution in [3.05, 3.63) is 5.82 Å². The van der Waals surface area contributed by atoms with Crippen LogP contribution in [0.5, 0.6) is 0 Å². The fraction of sp³-hybridized carbons (Fsp3) is 0.800. The number of carboxylic acid groups (broad SMARTS) is 1. The Labute approximate surface area is 130 Å². The van der Waals surface area contributed by atoms with Gasteiger partial charge in [0.15, 0.2) is 5.16 Å². The summed E-state index contributed by atoms with van der Waals surface area (Å²) in [7, 11) is 0. The quantitative estimate of drug-likeness (QED) is 0.842. The topological polar surface area (TPSA) is 68.0 Å². The van der Waals surface area contributed by atoms with Crippen LogP contribution in [0.25, 0.3) is 0 Å². The molecular weight excluding hydrogens is 286 g/mol. The average Bonchev–Trinajstić information content (AvgIpc) is 2.83. The first-order valence-electron chi connectivity index (χ1n) is 7.69. The van der Waals surface area contributed by atoms with Gasteiger partial charge in [0.25, 0.3) is 0 Å². The van der Waals surface area contributed by atoms with Gasteiger partial charge in [0.2, 0.25) is 0 Å². The molecule has 1 fully saturated rings. The molecule has 2 rings (SSSR count). The van der Waals surface area contributed by atoms with Gasteiger partial charge in [-0.15, -0.1) is 10.2 Å². The standard InChI is InChI=1S/C15H25N3O2S/c1-9(2)14-16-17-15(21-8-13(19)20)18(14)12-6-5-10(3)11(4)7-12/h9-12H,5-8H2,1-4H3,(H,19,20). The Balaban J connectivity index is 2.26. The number of carbonyl (C=O) groups is 1. The summed E-state index contributed by atoms with van der Waals surface area (Å²) in [6.45, 7) is 8.85. The van der Waals surface area contributed by atoms with Crippen molar-refractivity contribution in [2.45, 2.75) is 64.1 Å². The van der Waals surface area contributed by atoms with Crippen LogP contribution in [-0.4, -0.2) is 31.6 Å². The van der Waals surface area contributed by atoms with E-state index >= 15 is 0 Å². The molecule has 1 heterocycles. The van der Waals surface area contributed by atoms with Crippen LogP contribution < -0.4 is 0 Å². The van der Waals surface area contributed by atoms with Crippen LogP contribution in [0, 0.1) is 11.8 Å². The lowest BCUT2D eigenvalue weighted by Gasteiger charge is -2.34. The van der Waals surface area contributed by atoms with Gasteiger partial charge in [-0.05, 0) is 31.1 Å². The van der Waals surface area contributed by atoms with E-state index < -0.39 is 5.97 Å². The predicted octanol–water partition coefficient (Wildman–Crippen LogP) is 3.58. The van der Waals surface area contributed by atoms with E-state index in [1.54, 1.807) is 0 Å². The number of hydrogen-bond acceptors (Lipinski definition) is 4. The molecule has 1 N–H and O–H groups in total. The highest BCUT2D eigenvalue weighted by Crippen LogP contribution is 2.39. The Morgan fingerprint density at radius 2 is 2.05 bits per heavy atom. The average molecular weight is 311 g/mol. The summed E-state index contributed by atoms with van der Waals surface area (Å²) in [6, 6.07) is 0.403. The van der Waals surface area contributed by atoms with Crippen molar-refractivity contribution in [1.82, 2.24) is 14.8 Å². The van der Waals surface area contributed by atoms with Crippen molar-refractivity contribution in [3.63, 3.8) is 0 Å². The zero-order valence-corrected chi connectivity index (χ0v) is 14.1. The second kappa shape index (κ2) is 6.81. The van der Waals surface area contributed by atoms with Gasteiger partial charge in [-0.2, -0.15) is 0 Å². The monoisotopic (exact) mass is 311 g/mol. The van der Waals surface area contributed by atoms with Gasteiger partial charge < -0.3 is 9.67 Å². The lowest BCUT2D eigenvalue weighted by atomic mass is 9.79. The maximum atomic E-state index is 10.8. The minimum Gasteiger partial charge on any atom is -0.481 e. The molecule has 1 aliphatic carbocycles. The maximum Gasteiger partial charge on any atom is 0.313 e. The van der Waals surface area contributed by atoms with Crippen molar-refractivity contribution in [1.29, 1.82) is 0 Å². The summed E-state index contributed by atoms with van der Waals surface area (Å²) in [4.78, 5) is 10.8. The minimum absolute atomic E-state index is 0.0366. The molecule has 0 spiro atoms. The second-order valence-corrected chi connectivity index (χ2v) is 7.41. The van der Waals surface area contributed by atoms with Crippen LogP contribution in [0.4, 0.5) is 0 Å². The zero-order valence-electron chi connectivity index (χ0n) is 13.2. The molecule has 3 unspecified atom stereocenters. The molecule has 0 amide bonds. The van der Waals surface area contributed by atoms with Crippen molar-refractivity contribution in [2.75, 3.05) is 5.75 Å². The van der Waals surface area contributed by atoms with E-state index in [-0.39, 0.29) is 5.75 Å². The lowest BCUT2D eigenvalue weighted by molar-refractivity contribution is -0.133. The van der Waals surface area contributed by atoms with Crippen LogP contribution in [0.15, 0.2) is 5.16 Å². The van der Waals surface area contributed by atoms with E-state index in [1.165, 1.54) is 18.2 Å². The van der Waals surface area contributed by atoms with E-state index in [0.717, 1.165) is 29.7 Å². The maximum absolute atomic E-state index is 10.8. The SMILES string of the molecule is CC(C)c1nnc(SCC(=O)O)n1C1CCC(C)C(C)C1. The first kappa shape index (κ1) is 16.3. The summed E-state index contributed by atoms with van der Waals surface area (Å²) < 4.78 is 2.21. The molecule has 0 radical (unpaired) electrons. The third kappa shape index (κ3) is 3.78. The molecule has 21 heavy (non-hydrogen) atoms. The first-order chi connectivity index (χ1) is 9.90. The highest BCUT2D eigenvalue weighted by atomic mass is 32.2. The molecule has 1 saturated carbocycles. The molecule has 3 atom stereocenters. The van der Waals surface area contributed by atoms with E-state index in [9.17, 15) is 4.79 Å². The highest BCUT2D eigenvalue weighted by molar-refractivity contribution is 7.99. The van der Waals surface area contributed by atoms with E-state index in [1.807, 2.05) is 0 Å². The predicted molar refractivity (Wildman–Crippen MR) is 83.7 cm³/mol. The van der Waals surface area contributed by atoms with Gasteiger partial charge in [0, 0.05) is 12.0 Å². The lowest BCUT2D eigenvalue weighted by Crippen LogP contribution is -2.25. The number of aromatic nitrogens is 3. The molecule has 0 bridgehead atoms. The molecular formula is C15H25N3O2S. The largest absolute Gasteiger partial charge is 0.481 e. The van der Waals surface area contributed by atoms with Crippen LogP contribution in [0.3, 0.4) is 0 Å². The molecule has 0 saturated heterocycles. The Bertz CT molecular complexity index is 501. The van der Waals surface area contributed by atoms with Crippen molar-refractivity contribution < 1.29 is 9.90 Å². The smallest absolute Gasteiger partial charge is 0.313 e. The van der Waals surface area contributed by atoms with E-state index in [0.29, 0.717) is 17.9 Å². The Morgan fingerprint density at radius 3 is 2.62 bits per heavy atom. The number of thioether (sulfide) groups is 1. The van der Waals surface area contributed by atoms with E-state index in [4.69, 9.17) is 5.11 Å². The first-order valence-corrected chi connectivity index (χ1v) is 8.68. The van der Waals surface area contributed by atoms with E-state index in [2.05, 4.69) is 42.5 Å². The molecule has 1 aromatic rings. The highest BCUT2D eigenvalue weighted by Gasteiger charge is 2.30. The van der Waals surface area contributed by atoms with Crippen LogP contribution in [-0.2, 0) is 4.79 Å². The van der Waals surface area contributed by atoms with Gasteiger partial charge in [-0.3, -0.25) is 4.79 Å². The third-order valence-corrected chi connectivity index (χ3v) is 5.40. The second-order valence-electron chi connectivity index (χ2n) is 6.47. The van der Waals surface area contributed by atoms with Crippen LogP contribution >= 0.6 is 11.8 Å². The number of hydrogen-bond donors (Lipinski definition) is 1. The van der Waals surface area contributed by atoms with Crippen LogP contribution in [0.2, 0.25) is 0 Å². The summed E-state index contributed by atoms with van der Waals surface area (Å²) in [5, 5.41) is 18.2. The van der Waals surface area contributed by atoms with Gasteiger partial charge >= 0.3 is 5.97 Å². The number of nitrogens with zero attached hydrogens (tertiary/aromatic N) is 3. The molecule has 118 valence electrons. The van der Waals surface area contributed by atoms with Crippen LogP contribution in [0.1, 0.15) is 64.7 Å². The summed E-state index contributed by atoms with van der Waals surface area (Å²) >= 11 is 1.28. The molecule has 1 aliphatic rings. The molecule has 0 aromatic carbocycles. The fourth-order valence-corrected chi connectivity index (χ4v) is 3.74. The molecule has 0 aliphatic heterocycles. The van der Waals surface area contributed by atoms with Gasteiger partial charge in [0.1, 0.15) is 5.82 Å². The minimum atomic E-state index is -0.814. The molecule has 6 heteroatoms. The summed E-state index contributed by atoms with van der Waals surface area (Å²) in [6.07, 6.45) is 3.47. The Morgan fingerprint density at radius 1 is 1.33 bits per heavy atom. The van der Waals surface area contributed by atoms with Gasteiger partial charge in [-0.25, -0.2) is 0 Å². The fourth-order valence-electron chi connectivity index (χ4n) is 3.00. The normalized spacial score (nSPS) is 26.2. The Kier molecular flexibility index (Phi) is 5.30. The van der Waals surface area contributed by atoms with Gasteiger partial charge in [-0.1, -0.05) is 39.5 Å². The van der Waals surface area contributed by atoms with Gasteiger partial charge in [0.05, 0.1) is 5.75 Å². The number of carboxylic acids is 1.